The Kier molecular flexibility index (Phi) is 2.02. The number of nitrogens with two attached hydrogens (primary N) is 1. The molecule has 17 heavy (non-hydrogen) atoms. The number of nitrogen functional groups attached to an aromatic ring is 1. The van der Waals surface area contributed by atoms with Crippen molar-refractivity contribution < 1.29 is 4.92 Å². The lowest BCUT2D eigenvalue weighted by Gasteiger charge is -1.97. The van der Waals surface area contributed by atoms with E-state index in [0.29, 0.717) is 0 Å². The van der Waals surface area contributed by atoms with Gasteiger partial charge in [-0.2, -0.15) is 0 Å². The van der Waals surface area contributed by atoms with Crippen molar-refractivity contribution >= 4 is 42.9 Å². The summed E-state index contributed by atoms with van der Waals surface area (Å²) in [7, 11) is 0. The second-order valence-corrected chi connectivity index (χ2v) is 4.85. The smallest absolute Gasteiger partial charge is 0.293 e. The molecule has 1 aromatic heterocycles. The summed E-state index contributed by atoms with van der Waals surface area (Å²) in [5, 5.41) is 12.9. The molecule has 0 radical (unpaired) electrons. The number of hydrogen-bond donors (Lipinski definition) is 1. The van der Waals surface area contributed by atoms with Crippen molar-refractivity contribution in [3.8, 4) is 0 Å². The first-order chi connectivity index (χ1) is 8.16. The summed E-state index contributed by atoms with van der Waals surface area (Å²) in [5.41, 5.74) is 5.89. The number of rotatable bonds is 1. The molecule has 0 fully saturated rings. The standard InChI is InChI=1S/C12H8N2O2S/c13-9-5-8-7-3-1-2-4-11(7)17-12(8)6-10(9)14(15)16/h1-6H,13H2. The van der Waals surface area contributed by atoms with Gasteiger partial charge in [0.2, 0.25) is 0 Å². The van der Waals surface area contributed by atoms with E-state index in [0.717, 1.165) is 20.2 Å². The Bertz CT molecular complexity index is 749. The van der Waals surface area contributed by atoms with Gasteiger partial charge in [0, 0.05) is 26.2 Å². The topological polar surface area (TPSA) is 69.2 Å². The van der Waals surface area contributed by atoms with E-state index in [-0.39, 0.29) is 11.4 Å². The van der Waals surface area contributed by atoms with Gasteiger partial charge >= 0.3 is 0 Å². The first-order valence-electron chi connectivity index (χ1n) is 5.02. The van der Waals surface area contributed by atoms with E-state index in [4.69, 9.17) is 5.73 Å². The zero-order valence-corrected chi connectivity index (χ0v) is 9.53. The maximum atomic E-state index is 10.8. The fraction of sp³-hybridized carbons (Fsp3) is 0. The van der Waals surface area contributed by atoms with Crippen LogP contribution in [0.3, 0.4) is 0 Å². The number of nitrogens with zero attached hydrogens (tertiary/aromatic N) is 1. The van der Waals surface area contributed by atoms with E-state index in [2.05, 4.69) is 0 Å². The molecule has 1 heterocycles. The summed E-state index contributed by atoms with van der Waals surface area (Å²) < 4.78 is 2.01. The van der Waals surface area contributed by atoms with Crippen LogP contribution in [0.25, 0.3) is 20.2 Å². The van der Waals surface area contributed by atoms with Crippen LogP contribution < -0.4 is 5.73 Å². The predicted octanol–water partition coefficient (Wildman–Crippen LogP) is 3.54. The maximum absolute atomic E-state index is 10.8. The van der Waals surface area contributed by atoms with E-state index in [9.17, 15) is 10.1 Å². The molecule has 84 valence electrons. The van der Waals surface area contributed by atoms with Crippen LogP contribution in [0.1, 0.15) is 0 Å². The Balaban J connectivity index is 2.46. The molecule has 0 aliphatic rings. The quantitative estimate of drug-likeness (QED) is 0.404. The monoisotopic (exact) mass is 244 g/mol. The molecule has 3 rings (SSSR count). The van der Waals surface area contributed by atoms with Crippen molar-refractivity contribution in [2.24, 2.45) is 0 Å². The van der Waals surface area contributed by atoms with Crippen LogP contribution in [0.5, 0.6) is 0 Å². The fourth-order valence-corrected chi connectivity index (χ4v) is 3.06. The molecule has 2 aromatic carbocycles. The second kappa shape index (κ2) is 3.43. The summed E-state index contributed by atoms with van der Waals surface area (Å²) in [6.07, 6.45) is 0. The largest absolute Gasteiger partial charge is 0.393 e. The third-order valence-electron chi connectivity index (χ3n) is 2.72. The highest BCUT2D eigenvalue weighted by molar-refractivity contribution is 7.25. The van der Waals surface area contributed by atoms with Gasteiger partial charge in [-0.1, -0.05) is 18.2 Å². The average molecular weight is 244 g/mol. The normalized spacial score (nSPS) is 11.1. The molecule has 0 unspecified atom stereocenters. The minimum Gasteiger partial charge on any atom is -0.393 e. The highest BCUT2D eigenvalue weighted by Crippen LogP contribution is 2.38. The molecule has 0 atom stereocenters. The van der Waals surface area contributed by atoms with Crippen molar-refractivity contribution in [2.45, 2.75) is 0 Å². The van der Waals surface area contributed by atoms with E-state index >= 15 is 0 Å². The highest BCUT2D eigenvalue weighted by atomic mass is 32.1. The summed E-state index contributed by atoms with van der Waals surface area (Å²) in [6, 6.07) is 11.1. The van der Waals surface area contributed by atoms with E-state index in [1.54, 1.807) is 23.5 Å². The molecule has 0 saturated carbocycles. The van der Waals surface area contributed by atoms with Gasteiger partial charge in [-0.05, 0) is 12.1 Å². The lowest BCUT2D eigenvalue weighted by molar-refractivity contribution is -0.383. The van der Waals surface area contributed by atoms with Crippen LogP contribution in [-0.2, 0) is 0 Å². The molecule has 0 amide bonds. The lowest BCUT2D eigenvalue weighted by Crippen LogP contribution is -1.94. The van der Waals surface area contributed by atoms with Crippen LogP contribution in [0.2, 0.25) is 0 Å². The molecule has 3 aromatic rings. The third-order valence-corrected chi connectivity index (χ3v) is 3.86. The zero-order valence-electron chi connectivity index (χ0n) is 8.71. The summed E-state index contributed by atoms with van der Waals surface area (Å²) in [4.78, 5) is 10.4. The molecule has 0 aliphatic heterocycles. The van der Waals surface area contributed by atoms with Crippen molar-refractivity contribution in [1.29, 1.82) is 0 Å². The first kappa shape index (κ1) is 10.0. The number of nitro benzene ring substituents is 1. The second-order valence-electron chi connectivity index (χ2n) is 3.76. The Morgan fingerprint density at radius 3 is 2.65 bits per heavy atom. The number of thiophene rings is 1. The Labute approximate surface area is 100 Å². The average Bonchev–Trinajstić information content (AvgIpc) is 2.65. The van der Waals surface area contributed by atoms with Crippen LogP contribution in [0.4, 0.5) is 11.4 Å². The van der Waals surface area contributed by atoms with Crippen molar-refractivity contribution in [3.05, 3.63) is 46.5 Å². The van der Waals surface area contributed by atoms with Gasteiger partial charge in [0.15, 0.2) is 0 Å². The summed E-state index contributed by atoms with van der Waals surface area (Å²) in [6.45, 7) is 0. The fourth-order valence-electron chi connectivity index (χ4n) is 1.94. The van der Waals surface area contributed by atoms with Gasteiger partial charge in [-0.3, -0.25) is 10.1 Å². The zero-order chi connectivity index (χ0) is 12.0. The minimum absolute atomic E-state index is 0.0240. The first-order valence-corrected chi connectivity index (χ1v) is 5.83. The van der Waals surface area contributed by atoms with Crippen LogP contribution in [0, 0.1) is 10.1 Å². The molecule has 4 nitrogen and oxygen atoms in total. The van der Waals surface area contributed by atoms with Crippen molar-refractivity contribution in [2.75, 3.05) is 5.73 Å². The highest BCUT2D eigenvalue weighted by Gasteiger charge is 2.15. The van der Waals surface area contributed by atoms with Gasteiger partial charge in [0.25, 0.3) is 5.69 Å². The van der Waals surface area contributed by atoms with E-state index in [1.807, 2.05) is 24.3 Å². The van der Waals surface area contributed by atoms with Crippen molar-refractivity contribution in [1.82, 2.24) is 0 Å². The lowest BCUT2D eigenvalue weighted by atomic mass is 10.1. The van der Waals surface area contributed by atoms with E-state index in [1.165, 1.54) is 0 Å². The van der Waals surface area contributed by atoms with E-state index < -0.39 is 4.92 Å². The molecule has 0 spiro atoms. The Morgan fingerprint density at radius 1 is 1.12 bits per heavy atom. The SMILES string of the molecule is Nc1cc2c(cc1[N+](=O)[O-])sc1ccccc12. The Hall–Kier alpha value is -2.14. The molecule has 0 bridgehead atoms. The maximum Gasteiger partial charge on any atom is 0.293 e. The van der Waals surface area contributed by atoms with Crippen LogP contribution in [-0.4, -0.2) is 4.92 Å². The van der Waals surface area contributed by atoms with Gasteiger partial charge in [-0.25, -0.2) is 0 Å². The van der Waals surface area contributed by atoms with Gasteiger partial charge in [-0.15, -0.1) is 11.3 Å². The molecule has 0 aliphatic carbocycles. The third kappa shape index (κ3) is 1.43. The number of benzene rings is 2. The molecular weight excluding hydrogens is 236 g/mol. The van der Waals surface area contributed by atoms with Crippen LogP contribution >= 0.6 is 11.3 Å². The Morgan fingerprint density at radius 2 is 1.88 bits per heavy atom. The minimum atomic E-state index is -0.445. The predicted molar refractivity (Wildman–Crippen MR) is 70.4 cm³/mol. The number of hydrogen-bond acceptors (Lipinski definition) is 4. The molecular formula is C12H8N2O2S. The van der Waals surface area contributed by atoms with Gasteiger partial charge in [0.1, 0.15) is 5.69 Å². The summed E-state index contributed by atoms with van der Waals surface area (Å²) in [5.74, 6) is 0. The summed E-state index contributed by atoms with van der Waals surface area (Å²) >= 11 is 1.54. The molecule has 2 N–H and O–H groups in total. The number of fused-ring (bicyclic) bond motifs is 3. The number of anilines is 1. The van der Waals surface area contributed by atoms with Gasteiger partial charge < -0.3 is 5.73 Å². The van der Waals surface area contributed by atoms with Crippen LogP contribution in [0.15, 0.2) is 36.4 Å². The number of nitro groups is 1. The molecule has 5 heteroatoms. The molecule has 0 saturated heterocycles. The van der Waals surface area contributed by atoms with Gasteiger partial charge in [0.05, 0.1) is 4.92 Å². The van der Waals surface area contributed by atoms with Crippen molar-refractivity contribution in [3.63, 3.8) is 0 Å².